The number of pyridine rings is 1. The van der Waals surface area contributed by atoms with Crippen LogP contribution in [-0.4, -0.2) is 67.5 Å². The lowest BCUT2D eigenvalue weighted by Gasteiger charge is -2.44. The van der Waals surface area contributed by atoms with Gasteiger partial charge < -0.3 is 29.5 Å². The number of halogens is 2. The fourth-order valence-electron chi connectivity index (χ4n) is 6.49. The molecular weight excluding hydrogens is 685 g/mol. The number of phenolic OH excluding ortho intramolecular Hbond substituents is 1. The van der Waals surface area contributed by atoms with Crippen LogP contribution < -0.4 is 19.4 Å². The number of amides is 1. The van der Waals surface area contributed by atoms with Gasteiger partial charge >= 0.3 is 12.1 Å². The van der Waals surface area contributed by atoms with Gasteiger partial charge in [0.15, 0.2) is 23.9 Å². The number of hydrogen-bond donors (Lipinski definition) is 1. The van der Waals surface area contributed by atoms with E-state index in [2.05, 4.69) is 9.88 Å². The SMILES string of the molecule is COc1ccc([C@H](Cc2c(Cl)c[nH+]cc2Cl)OC(=O)c2cccc(CN(C(=O)O[C@H]3CN4CCC3CC4)c3ccccc3O)c2)cc1OC.[OH-]. The number of H-pyrrole nitrogens is 1. The molecule has 3 saturated heterocycles. The number of nitrogens with one attached hydrogen (secondary N) is 1. The van der Waals surface area contributed by atoms with Crippen molar-refractivity contribution in [3.8, 4) is 17.2 Å². The molecule has 3 aliphatic heterocycles. The minimum atomic E-state index is -0.803. The molecule has 3 fully saturated rings. The number of esters is 1. The number of ether oxygens (including phenoxy) is 4. The number of methoxy groups -OCH3 is 2. The van der Waals surface area contributed by atoms with Crippen molar-refractivity contribution in [1.82, 2.24) is 4.90 Å². The van der Waals surface area contributed by atoms with Crippen molar-refractivity contribution in [3.63, 3.8) is 0 Å². The van der Waals surface area contributed by atoms with Crippen LogP contribution in [0.5, 0.6) is 17.2 Å². The van der Waals surface area contributed by atoms with E-state index in [-0.39, 0.29) is 35.9 Å². The number of carbonyl (C=O) groups is 2. The van der Waals surface area contributed by atoms with Crippen LogP contribution >= 0.6 is 23.2 Å². The number of aromatic amines is 1. The Hall–Kier alpha value is -4.55. The summed E-state index contributed by atoms with van der Waals surface area (Å²) >= 11 is 13.0. The Bertz CT molecular complexity index is 1800. The fraction of sp³-hybridized carbons (Fsp3) is 0.324. The smallest absolute Gasteiger partial charge is 0.415 e. The highest BCUT2D eigenvalue weighted by Crippen LogP contribution is 2.36. The van der Waals surface area contributed by atoms with Crippen LogP contribution in [0, 0.1) is 5.92 Å². The zero-order valence-electron chi connectivity index (χ0n) is 27.7. The molecule has 13 heteroatoms. The normalized spacial score (nSPS) is 18.4. The second kappa shape index (κ2) is 16.4. The summed E-state index contributed by atoms with van der Waals surface area (Å²) in [5, 5.41) is 11.5. The highest BCUT2D eigenvalue weighted by atomic mass is 35.5. The van der Waals surface area contributed by atoms with E-state index in [1.807, 2.05) is 0 Å². The van der Waals surface area contributed by atoms with E-state index in [1.54, 1.807) is 80.2 Å². The molecule has 11 nitrogen and oxygen atoms in total. The molecule has 264 valence electrons. The molecule has 3 N–H and O–H groups in total. The number of para-hydroxylation sites is 2. The Morgan fingerprint density at radius 2 is 1.68 bits per heavy atom. The van der Waals surface area contributed by atoms with Gasteiger partial charge in [-0.05, 0) is 79.4 Å². The van der Waals surface area contributed by atoms with Crippen molar-refractivity contribution >= 4 is 41.0 Å². The van der Waals surface area contributed by atoms with Gasteiger partial charge in [-0.3, -0.25) is 9.80 Å². The second-order valence-electron chi connectivity index (χ2n) is 12.2. The van der Waals surface area contributed by atoms with Crippen molar-refractivity contribution < 1.29 is 44.1 Å². The Labute approximate surface area is 300 Å². The standard InChI is InChI=1S/C37H37Cl2N3O7.H2O/c1-46-32-11-10-25(17-34(32)47-2)33(18-27-28(38)19-40-20-29(27)39)48-36(44)26-7-5-6-23(16-26)21-42(30-8-3-4-9-31(30)43)37(45)49-35-22-41-14-12-24(35)13-15-41;/h3-11,16-17,19-20,24,33,35,43H,12-15,18,21-22H2,1-2H3;1H2/t33-,35-;/m0./s1. The number of hydrogen-bond acceptors (Lipinski definition) is 9. The molecule has 2 bridgehead atoms. The third-order valence-electron chi connectivity index (χ3n) is 9.16. The summed E-state index contributed by atoms with van der Waals surface area (Å²) in [7, 11) is 3.07. The van der Waals surface area contributed by atoms with Gasteiger partial charge in [0.25, 0.3) is 0 Å². The van der Waals surface area contributed by atoms with E-state index in [0.717, 1.165) is 25.9 Å². The Kier molecular flexibility index (Phi) is 12.1. The van der Waals surface area contributed by atoms with Gasteiger partial charge in [0.2, 0.25) is 0 Å². The Balaban J connectivity index is 0.00000486. The van der Waals surface area contributed by atoms with Gasteiger partial charge in [-0.1, -0.05) is 53.5 Å². The minimum absolute atomic E-state index is 0. The van der Waals surface area contributed by atoms with E-state index >= 15 is 0 Å². The number of fused-ring (bicyclic) bond motifs is 3. The first-order valence-electron chi connectivity index (χ1n) is 16.1. The van der Waals surface area contributed by atoms with E-state index in [4.69, 9.17) is 42.1 Å². The fourth-order valence-corrected chi connectivity index (χ4v) is 7.02. The number of aromatic nitrogens is 1. The monoisotopic (exact) mass is 723 g/mol. The number of anilines is 1. The molecule has 0 unspecified atom stereocenters. The zero-order chi connectivity index (χ0) is 34.5. The Morgan fingerprint density at radius 1 is 0.960 bits per heavy atom. The second-order valence-corrected chi connectivity index (χ2v) is 13.0. The van der Waals surface area contributed by atoms with Gasteiger partial charge in [0.1, 0.15) is 28.0 Å². The first-order chi connectivity index (χ1) is 23.7. The lowest BCUT2D eigenvalue weighted by molar-refractivity contribution is -0.377. The Morgan fingerprint density at radius 3 is 2.34 bits per heavy atom. The first kappa shape index (κ1) is 36.7. The summed E-state index contributed by atoms with van der Waals surface area (Å²) in [6.07, 6.45) is 3.80. The van der Waals surface area contributed by atoms with Gasteiger partial charge in [0, 0.05) is 18.5 Å². The van der Waals surface area contributed by atoms with E-state index in [0.29, 0.717) is 56.4 Å². The van der Waals surface area contributed by atoms with Gasteiger partial charge in [-0.15, -0.1) is 0 Å². The molecule has 0 radical (unpaired) electrons. The molecule has 1 aromatic heterocycles. The van der Waals surface area contributed by atoms with E-state index in [9.17, 15) is 14.7 Å². The molecule has 1 amide bonds. The largest absolute Gasteiger partial charge is 0.870 e. The molecule has 0 spiro atoms. The third kappa shape index (κ3) is 8.24. The van der Waals surface area contributed by atoms with Crippen LogP contribution in [0.1, 0.15) is 46.0 Å². The van der Waals surface area contributed by atoms with Crippen molar-refractivity contribution in [2.75, 3.05) is 38.8 Å². The number of rotatable bonds is 11. The van der Waals surface area contributed by atoms with Crippen molar-refractivity contribution in [3.05, 3.63) is 111 Å². The summed E-state index contributed by atoms with van der Waals surface area (Å²) in [5.41, 5.74) is 2.45. The number of aromatic hydroxyl groups is 1. The topological polar surface area (TPSA) is 142 Å². The van der Waals surface area contributed by atoms with Crippen LogP contribution in [0.25, 0.3) is 0 Å². The van der Waals surface area contributed by atoms with Gasteiger partial charge in [0.05, 0.1) is 32.0 Å². The average molecular weight is 725 g/mol. The third-order valence-corrected chi connectivity index (χ3v) is 9.83. The number of carbonyl (C=O) groups excluding carboxylic acids is 2. The molecule has 2 atom stereocenters. The summed E-state index contributed by atoms with van der Waals surface area (Å²) in [4.78, 5) is 34.1. The highest BCUT2D eigenvalue weighted by molar-refractivity contribution is 6.35. The van der Waals surface area contributed by atoms with Crippen LogP contribution in [-0.2, 0) is 22.4 Å². The molecule has 7 rings (SSSR count). The van der Waals surface area contributed by atoms with E-state index < -0.39 is 18.2 Å². The number of phenols is 1. The molecule has 3 aromatic carbocycles. The van der Waals surface area contributed by atoms with Crippen molar-refractivity contribution in [2.24, 2.45) is 5.92 Å². The molecular formula is C37H39Cl2N3O8. The van der Waals surface area contributed by atoms with Crippen LogP contribution in [0.15, 0.2) is 79.1 Å². The molecule has 4 heterocycles. The molecule has 0 saturated carbocycles. The maximum Gasteiger partial charge on any atom is 0.415 e. The maximum absolute atomic E-state index is 13.8. The lowest BCUT2D eigenvalue weighted by atomic mass is 9.86. The van der Waals surface area contributed by atoms with Crippen molar-refractivity contribution in [1.29, 1.82) is 0 Å². The lowest BCUT2D eigenvalue weighted by Crippen LogP contribution is -2.53. The maximum atomic E-state index is 13.8. The average Bonchev–Trinajstić information content (AvgIpc) is 3.12. The van der Waals surface area contributed by atoms with Crippen molar-refractivity contribution in [2.45, 2.75) is 38.0 Å². The molecule has 0 aliphatic carbocycles. The van der Waals surface area contributed by atoms with Crippen LogP contribution in [0.4, 0.5) is 10.5 Å². The zero-order valence-corrected chi connectivity index (χ0v) is 29.2. The molecule has 4 aromatic rings. The summed E-state index contributed by atoms with van der Waals surface area (Å²) in [5.74, 6) is 0.653. The van der Waals surface area contributed by atoms with Crippen LogP contribution in [0.3, 0.4) is 0 Å². The number of nitrogens with zero attached hydrogens (tertiary/aromatic N) is 2. The highest BCUT2D eigenvalue weighted by Gasteiger charge is 2.38. The first-order valence-corrected chi connectivity index (χ1v) is 16.8. The molecule has 3 aliphatic rings. The molecule has 50 heavy (non-hydrogen) atoms. The summed E-state index contributed by atoms with van der Waals surface area (Å²) in [6.45, 7) is 2.78. The number of benzene rings is 3. The van der Waals surface area contributed by atoms with E-state index in [1.165, 1.54) is 18.1 Å². The predicted octanol–water partition coefficient (Wildman–Crippen LogP) is 6.73. The quantitative estimate of drug-likeness (QED) is 0.167. The summed E-state index contributed by atoms with van der Waals surface area (Å²) in [6, 6.07) is 18.7. The van der Waals surface area contributed by atoms with Gasteiger partial charge in [-0.2, -0.15) is 0 Å². The minimum Gasteiger partial charge on any atom is -0.870 e. The summed E-state index contributed by atoms with van der Waals surface area (Å²) < 4.78 is 23.1. The predicted molar refractivity (Wildman–Crippen MR) is 187 cm³/mol. The van der Waals surface area contributed by atoms with Crippen LogP contribution in [0.2, 0.25) is 10.0 Å². The van der Waals surface area contributed by atoms with Gasteiger partial charge in [-0.25, -0.2) is 14.6 Å². The number of piperidine rings is 3.